The standard InChI is InChI=1S/C29H29N/c1-5-7-16-27(23(4)6-2)29(26-15-10-12-22(3)19-26)28-17-9-8-14-25(28)20-24-13-11-18-30-21-24/h5,7-21H,1,6H2,2-4H3/b16-7-,25-20+,27-23+,29-28-. The topological polar surface area (TPSA) is 12.9 Å². The van der Waals surface area contributed by atoms with Crippen molar-refractivity contribution in [1.29, 1.82) is 0 Å². The average Bonchev–Trinajstić information content (AvgIpc) is 2.77. The maximum absolute atomic E-state index is 4.27. The van der Waals surface area contributed by atoms with Gasteiger partial charge >= 0.3 is 0 Å². The summed E-state index contributed by atoms with van der Waals surface area (Å²) in [4.78, 5) is 4.27. The Balaban J connectivity index is 2.48. The Labute approximate surface area is 180 Å². The Morgan fingerprint density at radius 2 is 1.87 bits per heavy atom. The molecule has 150 valence electrons. The van der Waals surface area contributed by atoms with Crippen molar-refractivity contribution in [3.63, 3.8) is 0 Å². The van der Waals surface area contributed by atoms with E-state index in [2.05, 4.69) is 99.1 Å². The van der Waals surface area contributed by atoms with E-state index in [9.17, 15) is 0 Å². The molecule has 0 aliphatic rings. The van der Waals surface area contributed by atoms with E-state index in [1.807, 2.05) is 24.4 Å². The first kappa shape index (κ1) is 21.3. The van der Waals surface area contributed by atoms with Crippen LogP contribution in [0.4, 0.5) is 0 Å². The van der Waals surface area contributed by atoms with Gasteiger partial charge in [-0.1, -0.05) is 97.5 Å². The third kappa shape index (κ3) is 5.12. The molecule has 0 radical (unpaired) electrons. The fourth-order valence-electron chi connectivity index (χ4n) is 3.54. The quantitative estimate of drug-likeness (QED) is 0.478. The lowest BCUT2D eigenvalue weighted by Crippen LogP contribution is -2.28. The summed E-state index contributed by atoms with van der Waals surface area (Å²) in [5.74, 6) is 0. The Hall–Kier alpha value is -3.45. The van der Waals surface area contributed by atoms with E-state index in [1.165, 1.54) is 38.3 Å². The number of allylic oxidation sites excluding steroid dienone is 5. The van der Waals surface area contributed by atoms with Crippen LogP contribution >= 0.6 is 0 Å². The molecule has 0 unspecified atom stereocenters. The molecule has 1 nitrogen and oxygen atoms in total. The zero-order valence-corrected chi connectivity index (χ0v) is 18.1. The lowest BCUT2D eigenvalue weighted by molar-refractivity contribution is 1.08. The van der Waals surface area contributed by atoms with Crippen LogP contribution in [0.1, 0.15) is 37.0 Å². The normalized spacial score (nSPS) is 13.9. The van der Waals surface area contributed by atoms with Crippen molar-refractivity contribution in [3.8, 4) is 0 Å². The number of rotatable bonds is 6. The van der Waals surface area contributed by atoms with Gasteiger partial charge in [-0.2, -0.15) is 0 Å². The van der Waals surface area contributed by atoms with Crippen molar-refractivity contribution >= 4 is 11.6 Å². The van der Waals surface area contributed by atoms with Crippen LogP contribution in [-0.2, 0) is 0 Å². The summed E-state index contributed by atoms with van der Waals surface area (Å²) in [5, 5.41) is 2.39. The molecule has 0 saturated heterocycles. The Bertz CT molecular complexity index is 1190. The first-order chi connectivity index (χ1) is 14.6. The second kappa shape index (κ2) is 10.4. The van der Waals surface area contributed by atoms with Gasteiger partial charge in [0.2, 0.25) is 0 Å². The molecule has 3 aromatic rings. The van der Waals surface area contributed by atoms with Crippen molar-refractivity contribution in [2.24, 2.45) is 0 Å². The van der Waals surface area contributed by atoms with E-state index in [1.54, 1.807) is 6.20 Å². The van der Waals surface area contributed by atoms with E-state index in [-0.39, 0.29) is 0 Å². The molecular formula is C29H29N. The first-order valence-corrected chi connectivity index (χ1v) is 10.4. The summed E-state index contributed by atoms with van der Waals surface area (Å²) in [5.41, 5.74) is 7.40. The number of pyridine rings is 1. The highest BCUT2D eigenvalue weighted by atomic mass is 14.6. The molecular weight excluding hydrogens is 362 g/mol. The molecule has 0 saturated carbocycles. The van der Waals surface area contributed by atoms with E-state index < -0.39 is 0 Å². The van der Waals surface area contributed by atoms with E-state index in [0.29, 0.717) is 0 Å². The molecule has 0 spiro atoms. The predicted octanol–water partition coefficient (Wildman–Crippen LogP) is 5.89. The second-order valence-electron chi connectivity index (χ2n) is 7.40. The van der Waals surface area contributed by atoms with Crippen LogP contribution in [0.25, 0.3) is 11.6 Å². The Morgan fingerprint density at radius 1 is 1.03 bits per heavy atom. The predicted molar refractivity (Wildman–Crippen MR) is 130 cm³/mol. The van der Waals surface area contributed by atoms with E-state index in [4.69, 9.17) is 0 Å². The fourth-order valence-corrected chi connectivity index (χ4v) is 3.54. The number of aromatic nitrogens is 1. The van der Waals surface area contributed by atoms with Crippen molar-refractivity contribution in [1.82, 2.24) is 4.98 Å². The molecule has 0 fully saturated rings. The van der Waals surface area contributed by atoms with Gasteiger partial charge in [0, 0.05) is 12.4 Å². The van der Waals surface area contributed by atoms with Crippen LogP contribution in [0.15, 0.2) is 109 Å². The number of hydrogen-bond donors (Lipinski definition) is 0. The maximum Gasteiger partial charge on any atom is 0.0340 e. The van der Waals surface area contributed by atoms with Crippen LogP contribution in [-0.4, -0.2) is 4.98 Å². The molecule has 0 aliphatic heterocycles. The summed E-state index contributed by atoms with van der Waals surface area (Å²) >= 11 is 0. The first-order valence-electron chi connectivity index (χ1n) is 10.4. The van der Waals surface area contributed by atoms with E-state index in [0.717, 1.165) is 12.0 Å². The van der Waals surface area contributed by atoms with E-state index >= 15 is 0 Å². The minimum atomic E-state index is 0.987. The zero-order valence-electron chi connectivity index (χ0n) is 18.1. The van der Waals surface area contributed by atoms with Crippen LogP contribution in [0.3, 0.4) is 0 Å². The van der Waals surface area contributed by atoms with Crippen molar-refractivity contribution in [2.45, 2.75) is 27.2 Å². The van der Waals surface area contributed by atoms with Crippen LogP contribution in [0.2, 0.25) is 0 Å². The van der Waals surface area contributed by atoms with Gasteiger partial charge in [-0.3, -0.25) is 4.98 Å². The summed E-state index contributed by atoms with van der Waals surface area (Å²) in [6.45, 7) is 10.4. The van der Waals surface area contributed by atoms with Gasteiger partial charge in [0.25, 0.3) is 0 Å². The van der Waals surface area contributed by atoms with Gasteiger partial charge < -0.3 is 0 Å². The van der Waals surface area contributed by atoms with Crippen LogP contribution in [0.5, 0.6) is 0 Å². The number of aryl methyl sites for hydroxylation is 1. The molecule has 1 heteroatoms. The van der Waals surface area contributed by atoms with Gasteiger partial charge in [-0.05, 0) is 65.1 Å². The molecule has 1 aromatic heterocycles. The summed E-state index contributed by atoms with van der Waals surface area (Å²) in [6.07, 6.45) is 12.9. The molecule has 0 aliphatic carbocycles. The zero-order chi connectivity index (χ0) is 21.3. The highest BCUT2D eigenvalue weighted by Crippen LogP contribution is 2.26. The van der Waals surface area contributed by atoms with Crippen LogP contribution < -0.4 is 10.4 Å². The van der Waals surface area contributed by atoms with Gasteiger partial charge in [0.05, 0.1) is 0 Å². The minimum absolute atomic E-state index is 0.987. The third-order valence-electron chi connectivity index (χ3n) is 5.20. The minimum Gasteiger partial charge on any atom is -0.264 e. The van der Waals surface area contributed by atoms with Gasteiger partial charge in [-0.25, -0.2) is 0 Å². The van der Waals surface area contributed by atoms with Crippen molar-refractivity contribution in [2.75, 3.05) is 0 Å². The van der Waals surface area contributed by atoms with Crippen LogP contribution in [0, 0.1) is 6.92 Å². The largest absolute Gasteiger partial charge is 0.264 e. The highest BCUT2D eigenvalue weighted by molar-refractivity contribution is 5.83. The number of hydrogen-bond acceptors (Lipinski definition) is 1. The summed E-state index contributed by atoms with van der Waals surface area (Å²) in [7, 11) is 0. The molecule has 2 aromatic carbocycles. The fraction of sp³-hybridized carbons (Fsp3) is 0.138. The monoisotopic (exact) mass is 391 g/mol. The molecule has 30 heavy (non-hydrogen) atoms. The second-order valence-corrected chi connectivity index (χ2v) is 7.40. The average molecular weight is 392 g/mol. The molecule has 3 rings (SSSR count). The van der Waals surface area contributed by atoms with Gasteiger partial charge in [-0.15, -0.1) is 0 Å². The van der Waals surface area contributed by atoms with Crippen molar-refractivity contribution in [3.05, 3.63) is 136 Å². The lowest BCUT2D eigenvalue weighted by Gasteiger charge is -2.15. The van der Waals surface area contributed by atoms with Gasteiger partial charge in [0.15, 0.2) is 0 Å². The maximum atomic E-state index is 4.27. The lowest BCUT2D eigenvalue weighted by atomic mass is 9.89. The highest BCUT2D eigenvalue weighted by Gasteiger charge is 2.11. The van der Waals surface area contributed by atoms with Crippen molar-refractivity contribution < 1.29 is 0 Å². The Morgan fingerprint density at radius 3 is 2.57 bits per heavy atom. The molecule has 1 heterocycles. The molecule has 0 amide bonds. The molecule has 0 N–H and O–H groups in total. The summed E-state index contributed by atoms with van der Waals surface area (Å²) < 4.78 is 0. The SMILES string of the molecule is C=C\C=C/C(C(/c1cccc(C)c1)=c1/cccc/c1=C\c1cccnc1)=C(/C)CC. The Kier molecular flexibility index (Phi) is 7.34. The number of nitrogens with zero attached hydrogens (tertiary/aromatic N) is 1. The number of benzene rings is 2. The molecule has 0 atom stereocenters. The summed E-state index contributed by atoms with van der Waals surface area (Å²) in [6, 6.07) is 21.4. The smallest absolute Gasteiger partial charge is 0.0340 e. The molecule has 0 bridgehead atoms. The third-order valence-corrected chi connectivity index (χ3v) is 5.20. The van der Waals surface area contributed by atoms with Gasteiger partial charge in [0.1, 0.15) is 0 Å².